The molecule has 1 aromatic heterocycles. The van der Waals surface area contributed by atoms with Gasteiger partial charge in [0.1, 0.15) is 53.9 Å². The number of rotatable bonds is 26. The molecule has 3 fully saturated rings. The molecule has 0 saturated carbocycles. The summed E-state index contributed by atoms with van der Waals surface area (Å²) in [5.41, 5.74) is 0.609. The van der Waals surface area contributed by atoms with Crippen LogP contribution in [0.25, 0.3) is 10.9 Å². The number of carbonyl (C=O) groups excluding carboxylic acids is 10. The van der Waals surface area contributed by atoms with Crippen molar-refractivity contribution in [1.29, 1.82) is 0 Å². The molecule has 7 N–H and O–H groups in total. The fourth-order valence-electron chi connectivity index (χ4n) is 10.3. The number of hydrogen-bond acceptors (Lipinski definition) is 13. The molecule has 23 nitrogen and oxygen atoms in total. The number of likely N-dealkylation sites (tertiary alicyclic amines) is 3. The number of fused-ring (bicyclic) bond motifs is 1. The van der Waals surface area contributed by atoms with Gasteiger partial charge < -0.3 is 55.9 Å². The fourth-order valence-corrected chi connectivity index (χ4v) is 10.3. The van der Waals surface area contributed by atoms with Crippen LogP contribution >= 0.6 is 0 Å². The van der Waals surface area contributed by atoms with Crippen LogP contribution in [0, 0.1) is 11.8 Å². The molecule has 80 heavy (non-hydrogen) atoms. The number of methoxy groups -OCH3 is 1. The maximum Gasteiger partial charge on any atom is 0.411 e. The van der Waals surface area contributed by atoms with Gasteiger partial charge in [-0.05, 0) is 95.6 Å². The monoisotopic (exact) mass is 1120 g/mol. The van der Waals surface area contributed by atoms with Crippen LogP contribution in [-0.4, -0.2) is 171 Å². The van der Waals surface area contributed by atoms with Crippen molar-refractivity contribution in [2.24, 2.45) is 11.8 Å². The minimum Gasteiger partial charge on any atom is -0.480 e. The second-order valence-corrected chi connectivity index (χ2v) is 22.5. The Kier molecular flexibility index (Phi) is 23.2. The fraction of sp³-hybridized carbons (Fsp3) is 0.632. The Hall–Kier alpha value is -7.33. The smallest absolute Gasteiger partial charge is 0.411 e. The maximum atomic E-state index is 14.8. The lowest BCUT2D eigenvalue weighted by Gasteiger charge is -2.33. The van der Waals surface area contributed by atoms with Crippen molar-refractivity contribution in [2.45, 2.75) is 193 Å². The van der Waals surface area contributed by atoms with Crippen LogP contribution in [0.3, 0.4) is 0 Å². The quantitative estimate of drug-likeness (QED) is 0.0524. The normalized spacial score (nSPS) is 19.7. The third-order valence-corrected chi connectivity index (χ3v) is 14.8. The summed E-state index contributed by atoms with van der Waals surface area (Å²) in [6, 6.07) is -2.03. The molecule has 3 aliphatic heterocycles. The van der Waals surface area contributed by atoms with Gasteiger partial charge in [0.25, 0.3) is 0 Å². The molecule has 0 bridgehead atoms. The predicted molar refractivity (Wildman–Crippen MR) is 294 cm³/mol. The van der Waals surface area contributed by atoms with Crippen LogP contribution in [0.2, 0.25) is 0 Å². The Labute approximate surface area is 467 Å². The van der Waals surface area contributed by atoms with Crippen molar-refractivity contribution in [2.75, 3.05) is 26.7 Å². The molecule has 8 amide bonds. The van der Waals surface area contributed by atoms with Crippen LogP contribution in [0.1, 0.15) is 138 Å². The zero-order valence-electron chi connectivity index (χ0n) is 47.7. The zero-order valence-corrected chi connectivity index (χ0v) is 47.7. The Balaban J connectivity index is 1.34. The summed E-state index contributed by atoms with van der Waals surface area (Å²) < 4.78 is 10.1. The second kappa shape index (κ2) is 29.2. The van der Waals surface area contributed by atoms with E-state index in [4.69, 9.17) is 4.74 Å². The lowest BCUT2D eigenvalue weighted by atomic mass is 9.95. The summed E-state index contributed by atoms with van der Waals surface area (Å²) in [5.74, 6) is -7.52. The number of para-hydroxylation sites is 1. The maximum absolute atomic E-state index is 14.8. The van der Waals surface area contributed by atoms with Crippen molar-refractivity contribution in [3.05, 3.63) is 48.2 Å². The number of aromatic nitrogens is 1. The highest BCUT2D eigenvalue weighted by atomic mass is 16.6. The molecule has 0 radical (unpaired) electrons. The van der Waals surface area contributed by atoms with Crippen LogP contribution < -0.4 is 26.6 Å². The summed E-state index contributed by atoms with van der Waals surface area (Å²) in [6.07, 6.45) is 6.36. The lowest BCUT2D eigenvalue weighted by Crippen LogP contribution is -2.61. The number of esters is 1. The number of carboxylic acid groups (broad SMARTS) is 1. The summed E-state index contributed by atoms with van der Waals surface area (Å²) >= 11 is 0. The molecule has 1 unspecified atom stereocenters. The van der Waals surface area contributed by atoms with E-state index >= 15 is 0 Å². The molecule has 2 aromatic rings. The summed E-state index contributed by atoms with van der Waals surface area (Å²) in [4.78, 5) is 157. The first kappa shape index (κ1) is 63.5. The minimum absolute atomic E-state index is 0.0445. The van der Waals surface area contributed by atoms with Gasteiger partial charge in [-0.3, -0.25) is 43.3 Å². The molecule has 4 heterocycles. The number of Topliss-reactive ketones (excluding diaryl/α,β-unsaturated/α-hetero) is 1. The number of unbranched alkanes of at least 4 members (excludes halogenated alkanes) is 1. The molecule has 5 rings (SSSR count). The van der Waals surface area contributed by atoms with Crippen molar-refractivity contribution in [3.63, 3.8) is 0 Å². The first-order chi connectivity index (χ1) is 37.9. The van der Waals surface area contributed by atoms with Crippen molar-refractivity contribution in [1.82, 2.24) is 46.3 Å². The molecule has 0 aliphatic carbocycles. The number of ketones is 1. The SMILES string of the molecule is CCCC[C@H](NC(=O)[C@H](CC/C=C/C(=O)OC)NC(=O)[C@@H]1CC(=O)CN1C(=O)OC(C)(C)C)C(=O)N[C@H](C(=O)N[C@@H](CC(C)C)C(=O)N1CCC[C@H]1C(=O)N[C@@H](Cc1c[nH]c2ccccc12)C(=O)N1CCC[C@H]1C(=O)O)C(C)CC. The average Bonchev–Trinajstić information content (AvgIpc) is 4.25. The summed E-state index contributed by atoms with van der Waals surface area (Å²) in [5, 5.41) is 24.8. The van der Waals surface area contributed by atoms with Crippen molar-refractivity contribution >= 4 is 76.1 Å². The highest BCUT2D eigenvalue weighted by Gasteiger charge is 2.44. The van der Waals surface area contributed by atoms with E-state index in [1.807, 2.05) is 52.0 Å². The first-order valence-electron chi connectivity index (χ1n) is 28.0. The third-order valence-electron chi connectivity index (χ3n) is 14.8. The second-order valence-electron chi connectivity index (χ2n) is 22.5. The number of carboxylic acids is 1. The van der Waals surface area contributed by atoms with Crippen LogP contribution in [0.15, 0.2) is 42.6 Å². The highest BCUT2D eigenvalue weighted by molar-refractivity contribution is 6.01. The van der Waals surface area contributed by atoms with E-state index in [2.05, 4.69) is 36.3 Å². The average molecular weight is 1120 g/mol. The molecular weight excluding hydrogens is 1030 g/mol. The van der Waals surface area contributed by atoms with Gasteiger partial charge in [-0.2, -0.15) is 0 Å². The predicted octanol–water partition coefficient (Wildman–Crippen LogP) is 3.57. The van der Waals surface area contributed by atoms with Crippen LogP contribution in [0.4, 0.5) is 4.79 Å². The van der Waals surface area contributed by atoms with Gasteiger partial charge >= 0.3 is 18.0 Å². The molecule has 3 saturated heterocycles. The zero-order chi connectivity index (χ0) is 59.0. The third kappa shape index (κ3) is 17.3. The summed E-state index contributed by atoms with van der Waals surface area (Å²) in [6.45, 7) is 14.1. The molecular formula is C57H83N9O14. The lowest BCUT2D eigenvalue weighted by molar-refractivity contribution is -0.149. The molecule has 1 aromatic carbocycles. The number of aliphatic carboxylic acids is 1. The number of hydrogen-bond donors (Lipinski definition) is 7. The number of nitrogens with one attached hydrogen (secondary N) is 6. The van der Waals surface area contributed by atoms with Gasteiger partial charge in [0, 0.05) is 49.1 Å². The number of carbonyl (C=O) groups is 11. The molecule has 9 atom stereocenters. The Morgan fingerprint density at radius 2 is 1.36 bits per heavy atom. The Morgan fingerprint density at radius 3 is 2.00 bits per heavy atom. The van der Waals surface area contributed by atoms with E-state index in [0.29, 0.717) is 32.1 Å². The van der Waals surface area contributed by atoms with Gasteiger partial charge in [-0.1, -0.05) is 78.2 Å². The van der Waals surface area contributed by atoms with E-state index in [0.717, 1.165) is 27.4 Å². The number of H-pyrrole nitrogens is 1. The van der Waals surface area contributed by atoms with E-state index < -0.39 is 125 Å². The van der Waals surface area contributed by atoms with Gasteiger partial charge in [-0.25, -0.2) is 14.4 Å². The number of aromatic amines is 1. The van der Waals surface area contributed by atoms with Gasteiger partial charge in [-0.15, -0.1) is 0 Å². The topological polar surface area (TPSA) is 312 Å². The van der Waals surface area contributed by atoms with Crippen molar-refractivity contribution < 1.29 is 67.3 Å². The number of benzene rings is 1. The Bertz CT molecular complexity index is 2610. The standard InChI is InChI=1S/C57H83N9O14/c1-10-12-20-39(59-48(69)40(22-15-16-25-46(68)79-9)60-51(72)45-30-36(67)32-66(45)56(78)80-57(6,7)8)49(70)63-47(34(5)11-2)52(73)62-41(28-33(3)4)53(74)64-26-17-23-43(64)50(71)61-42(54(75)65-27-18-24-44(65)55(76)77)29-35-31-58-38-21-14-13-19-37(35)38/h13-14,16,19,21,25,31,33-34,39-45,47,58H,10-12,15,17-18,20,22-24,26-30,32H2,1-9H3,(H,59,69)(H,60,72)(H,61,71)(H,62,73)(H,63,70)(H,76,77)/b25-16+/t34?,39-,40-,41-,42-,43-,44-,45-,47-/m0/s1. The number of ether oxygens (including phenoxy) is 2. The molecule has 440 valence electrons. The number of amides is 8. The highest BCUT2D eigenvalue weighted by Crippen LogP contribution is 2.26. The van der Waals surface area contributed by atoms with Crippen molar-refractivity contribution in [3.8, 4) is 0 Å². The van der Waals surface area contributed by atoms with E-state index in [1.54, 1.807) is 33.9 Å². The number of allylic oxidation sites excluding steroid dienone is 1. The van der Waals surface area contributed by atoms with E-state index in [-0.39, 0.29) is 76.9 Å². The number of nitrogens with zero attached hydrogens (tertiary/aromatic N) is 3. The van der Waals surface area contributed by atoms with E-state index in [9.17, 15) is 57.8 Å². The van der Waals surface area contributed by atoms with E-state index in [1.165, 1.54) is 23.0 Å². The van der Waals surface area contributed by atoms with Crippen LogP contribution in [-0.2, 0) is 63.8 Å². The van der Waals surface area contributed by atoms with Gasteiger partial charge in [0.2, 0.25) is 41.4 Å². The minimum atomic E-state index is -1.34. The largest absolute Gasteiger partial charge is 0.480 e. The molecule has 23 heteroatoms. The molecule has 3 aliphatic rings. The summed E-state index contributed by atoms with van der Waals surface area (Å²) in [7, 11) is 1.20. The van der Waals surface area contributed by atoms with Crippen LogP contribution in [0.5, 0.6) is 0 Å². The molecule has 0 spiro atoms. The first-order valence-corrected chi connectivity index (χ1v) is 28.0. The van der Waals surface area contributed by atoms with Gasteiger partial charge in [0.15, 0.2) is 5.78 Å². The van der Waals surface area contributed by atoms with Gasteiger partial charge in [0.05, 0.1) is 13.7 Å². The Morgan fingerprint density at radius 1 is 0.762 bits per heavy atom.